The second-order valence-corrected chi connectivity index (χ2v) is 5.13. The van der Waals surface area contributed by atoms with Crippen LogP contribution < -0.4 is 10.9 Å². The van der Waals surface area contributed by atoms with Crippen molar-refractivity contribution in [1.82, 2.24) is 10.9 Å². The quantitative estimate of drug-likeness (QED) is 0.431. The van der Waals surface area contributed by atoms with E-state index in [0.29, 0.717) is 11.1 Å². The zero-order valence-corrected chi connectivity index (χ0v) is 13.7. The van der Waals surface area contributed by atoms with Crippen LogP contribution in [0.2, 0.25) is 0 Å². The molecule has 0 saturated carbocycles. The van der Waals surface area contributed by atoms with Gasteiger partial charge < -0.3 is 10.2 Å². The van der Waals surface area contributed by atoms with Crippen LogP contribution >= 0.6 is 0 Å². The van der Waals surface area contributed by atoms with Crippen molar-refractivity contribution in [2.45, 2.75) is 12.2 Å². The molecule has 0 aliphatic rings. The number of hydrogen-bond acceptors (Lipinski definition) is 6. The van der Waals surface area contributed by atoms with E-state index in [0.717, 1.165) is 12.4 Å². The molecule has 0 aromatic heterocycles. The molecule has 2 amide bonds. The van der Waals surface area contributed by atoms with Crippen LogP contribution in [0, 0.1) is 0 Å². The van der Waals surface area contributed by atoms with Gasteiger partial charge in [0.15, 0.2) is 12.2 Å². The first kappa shape index (κ1) is 19.0. The minimum absolute atomic E-state index is 0.441. The van der Waals surface area contributed by atoms with Gasteiger partial charge in [-0.3, -0.25) is 9.59 Å². The lowest BCUT2D eigenvalue weighted by Gasteiger charge is -2.08. The molecule has 0 fully saturated rings. The Morgan fingerprint density at radius 1 is 0.731 bits per heavy atom. The fourth-order valence-corrected chi connectivity index (χ4v) is 1.96. The third kappa shape index (κ3) is 5.62. The highest BCUT2D eigenvalue weighted by Crippen LogP contribution is 2.12. The van der Waals surface area contributed by atoms with Gasteiger partial charge in [0.2, 0.25) is 0 Å². The maximum Gasteiger partial charge on any atom is 0.273 e. The van der Waals surface area contributed by atoms with Gasteiger partial charge in [-0.05, 0) is 11.1 Å². The molecule has 0 spiro atoms. The number of nitrogens with one attached hydrogen (secondary N) is 2. The van der Waals surface area contributed by atoms with E-state index in [-0.39, 0.29) is 0 Å². The van der Waals surface area contributed by atoms with Crippen LogP contribution in [0.15, 0.2) is 70.9 Å². The molecule has 0 radical (unpaired) electrons. The van der Waals surface area contributed by atoms with Crippen LogP contribution in [0.5, 0.6) is 0 Å². The fourth-order valence-electron chi connectivity index (χ4n) is 1.96. The first-order chi connectivity index (χ1) is 12.6. The second-order valence-electron chi connectivity index (χ2n) is 5.13. The van der Waals surface area contributed by atoms with Crippen molar-refractivity contribution in [3.8, 4) is 0 Å². The highest BCUT2D eigenvalue weighted by atomic mass is 16.3. The van der Waals surface area contributed by atoms with E-state index in [9.17, 15) is 19.8 Å². The summed E-state index contributed by atoms with van der Waals surface area (Å²) in [5, 5.41) is 26.8. The summed E-state index contributed by atoms with van der Waals surface area (Å²) >= 11 is 0. The molecule has 0 unspecified atom stereocenters. The molecule has 0 aliphatic carbocycles. The lowest BCUT2D eigenvalue weighted by Crippen LogP contribution is -2.26. The lowest BCUT2D eigenvalue weighted by atomic mass is 10.1. The molecule has 2 rings (SSSR count). The number of carbonyl (C=O) groups is 2. The fraction of sp³-hybridized carbons (Fsp3) is 0.111. The molecule has 0 saturated heterocycles. The zero-order valence-electron chi connectivity index (χ0n) is 13.7. The highest BCUT2D eigenvalue weighted by Gasteiger charge is 2.16. The number of hydrogen-bond donors (Lipinski definition) is 4. The largest absolute Gasteiger partial charge is 0.378 e. The van der Waals surface area contributed by atoms with Crippen molar-refractivity contribution in [3.05, 3.63) is 71.8 Å². The van der Waals surface area contributed by atoms with Crippen LogP contribution in [-0.4, -0.2) is 34.5 Å². The zero-order chi connectivity index (χ0) is 18.8. The minimum atomic E-state index is -1.34. The van der Waals surface area contributed by atoms with Gasteiger partial charge in [-0.1, -0.05) is 60.7 Å². The van der Waals surface area contributed by atoms with E-state index in [4.69, 9.17) is 0 Å². The van der Waals surface area contributed by atoms with E-state index in [1.54, 1.807) is 60.7 Å². The summed E-state index contributed by atoms with van der Waals surface area (Å²) in [6, 6.07) is 16.8. The Morgan fingerprint density at radius 2 is 1.08 bits per heavy atom. The van der Waals surface area contributed by atoms with Crippen molar-refractivity contribution in [2.24, 2.45) is 10.2 Å². The number of nitrogens with zero attached hydrogens (tertiary/aromatic N) is 2. The van der Waals surface area contributed by atoms with Crippen LogP contribution in [-0.2, 0) is 9.59 Å². The van der Waals surface area contributed by atoms with E-state index < -0.39 is 24.0 Å². The van der Waals surface area contributed by atoms with Gasteiger partial charge in [0, 0.05) is 0 Å². The summed E-state index contributed by atoms with van der Waals surface area (Å²) in [6.45, 7) is 0. The van der Waals surface area contributed by atoms with Gasteiger partial charge in [-0.2, -0.15) is 10.2 Å². The van der Waals surface area contributed by atoms with Gasteiger partial charge in [0.1, 0.15) is 0 Å². The van der Waals surface area contributed by atoms with Crippen molar-refractivity contribution in [2.75, 3.05) is 0 Å². The second kappa shape index (κ2) is 9.82. The molecule has 2 aromatic carbocycles. The molecule has 2 aromatic rings. The summed E-state index contributed by atoms with van der Waals surface area (Å²) in [7, 11) is 0. The Labute approximate surface area is 149 Å². The standard InChI is InChI=1S/C18H18N4O4/c23-15(13-7-3-1-4-8-13)17(25)21-19-11-12-20-22-18(26)16(24)14-9-5-2-6-10-14/h1-12,15-16,23-24H,(H,21,25)(H,22,26)/b19-11+,20-12+/t15-,16+. The molecule has 8 heteroatoms. The van der Waals surface area contributed by atoms with E-state index in [2.05, 4.69) is 21.1 Å². The van der Waals surface area contributed by atoms with Crippen LogP contribution in [0.1, 0.15) is 23.3 Å². The van der Waals surface area contributed by atoms with E-state index in [1.807, 2.05) is 0 Å². The number of carbonyl (C=O) groups excluding carboxylic acids is 2. The number of benzene rings is 2. The predicted octanol–water partition coefficient (Wildman–Crippen LogP) is 0.658. The number of rotatable bonds is 7. The SMILES string of the molecule is O=C(N/N=C/C=N/NC(=O)[C@H](O)c1ccccc1)[C@@H](O)c1ccccc1. The maximum absolute atomic E-state index is 11.7. The van der Waals surface area contributed by atoms with Gasteiger partial charge in [-0.15, -0.1) is 0 Å². The first-order valence-electron chi connectivity index (χ1n) is 7.70. The van der Waals surface area contributed by atoms with Crippen LogP contribution in [0.25, 0.3) is 0 Å². The molecule has 0 bridgehead atoms. The molecule has 0 heterocycles. The van der Waals surface area contributed by atoms with Crippen molar-refractivity contribution in [1.29, 1.82) is 0 Å². The summed E-state index contributed by atoms with van der Waals surface area (Å²) in [5.74, 6) is -1.41. The number of amides is 2. The molecule has 26 heavy (non-hydrogen) atoms. The lowest BCUT2D eigenvalue weighted by molar-refractivity contribution is -0.130. The Kier molecular flexibility index (Phi) is 7.17. The van der Waals surface area contributed by atoms with Crippen LogP contribution in [0.4, 0.5) is 0 Å². The van der Waals surface area contributed by atoms with Gasteiger partial charge in [-0.25, -0.2) is 10.9 Å². The Bertz CT molecular complexity index is 711. The van der Waals surface area contributed by atoms with Crippen molar-refractivity contribution >= 4 is 24.2 Å². The molecule has 4 N–H and O–H groups in total. The van der Waals surface area contributed by atoms with Crippen molar-refractivity contribution in [3.63, 3.8) is 0 Å². The van der Waals surface area contributed by atoms with E-state index in [1.165, 1.54) is 0 Å². The molecule has 8 nitrogen and oxygen atoms in total. The van der Waals surface area contributed by atoms with Gasteiger partial charge in [0.05, 0.1) is 12.4 Å². The number of aliphatic hydroxyl groups excluding tert-OH is 2. The third-order valence-corrected chi connectivity index (χ3v) is 3.29. The third-order valence-electron chi connectivity index (χ3n) is 3.29. The topological polar surface area (TPSA) is 123 Å². The Hall–Kier alpha value is -3.36. The molecule has 0 aliphatic heterocycles. The summed E-state index contributed by atoms with van der Waals surface area (Å²) in [5.41, 5.74) is 5.17. The molecule has 2 atom stereocenters. The maximum atomic E-state index is 11.7. The monoisotopic (exact) mass is 354 g/mol. The summed E-state index contributed by atoms with van der Waals surface area (Å²) < 4.78 is 0. The first-order valence-corrected chi connectivity index (χ1v) is 7.70. The Balaban J connectivity index is 1.76. The average Bonchev–Trinajstić information content (AvgIpc) is 2.70. The average molecular weight is 354 g/mol. The summed E-state index contributed by atoms with van der Waals surface area (Å²) in [4.78, 5) is 23.4. The van der Waals surface area contributed by atoms with Gasteiger partial charge >= 0.3 is 0 Å². The number of aliphatic hydroxyl groups is 2. The van der Waals surface area contributed by atoms with Crippen molar-refractivity contribution < 1.29 is 19.8 Å². The minimum Gasteiger partial charge on any atom is -0.378 e. The molecular formula is C18H18N4O4. The Morgan fingerprint density at radius 3 is 1.42 bits per heavy atom. The van der Waals surface area contributed by atoms with Gasteiger partial charge in [0.25, 0.3) is 11.8 Å². The summed E-state index contributed by atoms with van der Waals surface area (Å²) in [6.07, 6.45) is -0.452. The highest BCUT2D eigenvalue weighted by molar-refractivity contribution is 6.16. The number of hydrazone groups is 2. The normalized spacial score (nSPS) is 13.5. The van der Waals surface area contributed by atoms with E-state index >= 15 is 0 Å². The molecular weight excluding hydrogens is 336 g/mol. The molecule has 134 valence electrons. The smallest absolute Gasteiger partial charge is 0.273 e. The van der Waals surface area contributed by atoms with Crippen LogP contribution in [0.3, 0.4) is 0 Å². The predicted molar refractivity (Wildman–Crippen MR) is 96.1 cm³/mol.